The second-order valence-corrected chi connectivity index (χ2v) is 6.18. The molecule has 3 rings (SSSR count). The number of hydrogen-bond donors (Lipinski definition) is 1. The van der Waals surface area contributed by atoms with E-state index in [9.17, 15) is 19.5 Å². The van der Waals surface area contributed by atoms with Gasteiger partial charge in [-0.15, -0.1) is 0 Å². The Hall–Kier alpha value is -3.10. The highest BCUT2D eigenvalue weighted by Gasteiger charge is 2.23. The average molecular weight is 374 g/mol. The van der Waals surface area contributed by atoms with E-state index in [2.05, 4.69) is 4.98 Å². The maximum atomic E-state index is 12.4. The molecule has 1 saturated heterocycles. The van der Waals surface area contributed by atoms with Crippen molar-refractivity contribution in [2.75, 3.05) is 37.7 Å². The van der Waals surface area contributed by atoms with E-state index >= 15 is 0 Å². The number of carboxylic acids is 1. The number of amides is 1. The van der Waals surface area contributed by atoms with Gasteiger partial charge in [-0.05, 0) is 26.0 Å². The maximum absolute atomic E-state index is 12.4. The molecule has 1 aliphatic rings. The van der Waals surface area contributed by atoms with E-state index in [1.54, 1.807) is 28.5 Å². The summed E-state index contributed by atoms with van der Waals surface area (Å²) in [5, 5.41) is 9.51. The molecule has 0 radical (unpaired) electrons. The Balaban J connectivity index is 1.89. The number of anilines is 1. The zero-order chi connectivity index (χ0) is 19.6. The van der Waals surface area contributed by atoms with Gasteiger partial charge in [-0.2, -0.15) is 0 Å². The Kier molecular flexibility index (Phi) is 5.29. The number of nitrogens with zero attached hydrogens (tertiary/aromatic N) is 4. The second kappa shape index (κ2) is 7.65. The van der Waals surface area contributed by atoms with Crippen molar-refractivity contribution in [2.45, 2.75) is 20.4 Å². The van der Waals surface area contributed by atoms with Crippen molar-refractivity contribution in [3.63, 3.8) is 0 Å². The van der Waals surface area contributed by atoms with Crippen LogP contribution in [0.2, 0.25) is 0 Å². The van der Waals surface area contributed by atoms with E-state index in [0.29, 0.717) is 50.8 Å². The van der Waals surface area contributed by atoms with Crippen LogP contribution in [0.25, 0.3) is 11.0 Å². The molecule has 2 aromatic rings. The van der Waals surface area contributed by atoms with E-state index in [1.807, 2.05) is 11.8 Å². The summed E-state index contributed by atoms with van der Waals surface area (Å²) in [6.45, 7) is 6.72. The van der Waals surface area contributed by atoms with Crippen molar-refractivity contribution in [1.82, 2.24) is 14.5 Å². The van der Waals surface area contributed by atoms with Gasteiger partial charge in [0.15, 0.2) is 0 Å². The SMILES string of the molecule is CCOC(=O)N1CCN(c2ccc3c(=O)c(C(=O)O)cn(CC)c3n2)CC1. The molecule has 9 nitrogen and oxygen atoms in total. The molecule has 1 N–H and O–H groups in total. The highest BCUT2D eigenvalue weighted by atomic mass is 16.6. The topological polar surface area (TPSA) is 105 Å². The molecule has 1 amide bonds. The first-order chi connectivity index (χ1) is 13.0. The average Bonchev–Trinajstić information content (AvgIpc) is 2.68. The highest BCUT2D eigenvalue weighted by molar-refractivity contribution is 5.92. The molecule has 144 valence electrons. The van der Waals surface area contributed by atoms with Gasteiger partial charge in [0.2, 0.25) is 5.43 Å². The molecule has 0 spiro atoms. The highest BCUT2D eigenvalue weighted by Crippen LogP contribution is 2.19. The lowest BCUT2D eigenvalue weighted by Gasteiger charge is -2.34. The van der Waals surface area contributed by atoms with E-state index in [1.165, 1.54) is 6.20 Å². The van der Waals surface area contributed by atoms with Gasteiger partial charge < -0.3 is 24.2 Å². The maximum Gasteiger partial charge on any atom is 0.409 e. The number of aromatic nitrogens is 2. The Labute approximate surface area is 155 Å². The number of carboxylic acid groups (broad SMARTS) is 1. The Morgan fingerprint density at radius 3 is 2.48 bits per heavy atom. The van der Waals surface area contributed by atoms with Crippen LogP contribution in [-0.4, -0.2) is 64.4 Å². The Morgan fingerprint density at radius 2 is 1.89 bits per heavy atom. The summed E-state index contributed by atoms with van der Waals surface area (Å²) < 4.78 is 6.69. The third-order valence-electron chi connectivity index (χ3n) is 4.61. The minimum atomic E-state index is -1.25. The summed E-state index contributed by atoms with van der Waals surface area (Å²) in [5.41, 5.74) is -0.340. The van der Waals surface area contributed by atoms with Crippen molar-refractivity contribution in [1.29, 1.82) is 0 Å². The normalized spacial score (nSPS) is 14.4. The van der Waals surface area contributed by atoms with Gasteiger partial charge in [0.25, 0.3) is 0 Å². The van der Waals surface area contributed by atoms with E-state index in [0.717, 1.165) is 0 Å². The molecule has 0 aliphatic carbocycles. The summed E-state index contributed by atoms with van der Waals surface area (Å²) in [4.78, 5) is 43.8. The number of ether oxygens (including phenoxy) is 1. The molecule has 2 aromatic heterocycles. The van der Waals surface area contributed by atoms with Crippen molar-refractivity contribution in [3.05, 3.63) is 34.1 Å². The zero-order valence-corrected chi connectivity index (χ0v) is 15.3. The molecule has 3 heterocycles. The molecular formula is C18H22N4O5. The Bertz CT molecular complexity index is 931. The second-order valence-electron chi connectivity index (χ2n) is 6.18. The molecule has 0 unspecified atom stereocenters. The van der Waals surface area contributed by atoms with Crippen LogP contribution in [0.1, 0.15) is 24.2 Å². The number of aromatic carboxylic acids is 1. The summed E-state index contributed by atoms with van der Waals surface area (Å²) in [7, 11) is 0. The molecule has 1 aliphatic heterocycles. The number of carbonyl (C=O) groups is 2. The molecule has 9 heteroatoms. The van der Waals surface area contributed by atoms with Crippen LogP contribution in [0.3, 0.4) is 0 Å². The monoisotopic (exact) mass is 374 g/mol. The quantitative estimate of drug-likeness (QED) is 0.862. The predicted octanol–water partition coefficient (Wildman–Crippen LogP) is 1.39. The molecule has 27 heavy (non-hydrogen) atoms. The van der Waals surface area contributed by atoms with Gasteiger partial charge in [0.05, 0.1) is 12.0 Å². The first-order valence-corrected chi connectivity index (χ1v) is 8.90. The number of piperazine rings is 1. The Morgan fingerprint density at radius 1 is 1.19 bits per heavy atom. The van der Waals surface area contributed by atoms with Crippen LogP contribution >= 0.6 is 0 Å². The number of hydrogen-bond acceptors (Lipinski definition) is 6. The lowest BCUT2D eigenvalue weighted by Crippen LogP contribution is -2.49. The molecular weight excluding hydrogens is 352 g/mol. The number of carbonyl (C=O) groups excluding carboxylic acids is 1. The summed E-state index contributed by atoms with van der Waals surface area (Å²) in [6.07, 6.45) is 1.02. The lowest BCUT2D eigenvalue weighted by atomic mass is 10.2. The summed E-state index contributed by atoms with van der Waals surface area (Å²) in [5.74, 6) is -0.557. The van der Waals surface area contributed by atoms with E-state index in [4.69, 9.17) is 4.74 Å². The van der Waals surface area contributed by atoms with Gasteiger partial charge in [0.1, 0.15) is 17.0 Å². The third kappa shape index (κ3) is 3.57. The summed E-state index contributed by atoms with van der Waals surface area (Å²) >= 11 is 0. The third-order valence-corrected chi connectivity index (χ3v) is 4.61. The van der Waals surface area contributed by atoms with Gasteiger partial charge in [-0.1, -0.05) is 0 Å². The van der Waals surface area contributed by atoms with Crippen molar-refractivity contribution >= 4 is 28.9 Å². The van der Waals surface area contributed by atoms with Gasteiger partial charge in [-0.25, -0.2) is 14.6 Å². The molecule has 0 aromatic carbocycles. The van der Waals surface area contributed by atoms with Gasteiger partial charge in [0, 0.05) is 38.9 Å². The van der Waals surface area contributed by atoms with Crippen LogP contribution in [0.4, 0.5) is 10.6 Å². The summed E-state index contributed by atoms with van der Waals surface area (Å²) in [6, 6.07) is 3.34. The number of fused-ring (bicyclic) bond motifs is 1. The zero-order valence-electron chi connectivity index (χ0n) is 15.3. The van der Waals surface area contributed by atoms with E-state index in [-0.39, 0.29) is 17.0 Å². The molecule has 0 atom stereocenters. The first kappa shape index (κ1) is 18.7. The van der Waals surface area contributed by atoms with Crippen LogP contribution in [0.5, 0.6) is 0 Å². The van der Waals surface area contributed by atoms with Gasteiger partial charge in [-0.3, -0.25) is 4.79 Å². The lowest BCUT2D eigenvalue weighted by molar-refractivity contribution is 0.0694. The fourth-order valence-electron chi connectivity index (χ4n) is 3.16. The molecule has 0 bridgehead atoms. The standard InChI is InChI=1S/C18H22N4O5/c1-3-20-11-13(17(24)25)15(23)12-5-6-14(19-16(12)20)21-7-9-22(10-8-21)18(26)27-4-2/h5-6,11H,3-4,7-10H2,1-2H3,(H,24,25). The fraction of sp³-hybridized carbons (Fsp3) is 0.444. The number of aryl methyl sites for hydroxylation is 1. The number of pyridine rings is 2. The minimum absolute atomic E-state index is 0.262. The minimum Gasteiger partial charge on any atom is -0.477 e. The van der Waals surface area contributed by atoms with Crippen LogP contribution < -0.4 is 10.3 Å². The largest absolute Gasteiger partial charge is 0.477 e. The van der Waals surface area contributed by atoms with Crippen molar-refractivity contribution in [2.24, 2.45) is 0 Å². The van der Waals surface area contributed by atoms with Gasteiger partial charge >= 0.3 is 12.1 Å². The number of rotatable bonds is 4. The van der Waals surface area contributed by atoms with Crippen molar-refractivity contribution < 1.29 is 19.4 Å². The van der Waals surface area contributed by atoms with Crippen molar-refractivity contribution in [3.8, 4) is 0 Å². The van der Waals surface area contributed by atoms with Crippen LogP contribution in [0, 0.1) is 0 Å². The molecule has 0 saturated carbocycles. The molecule has 1 fully saturated rings. The van der Waals surface area contributed by atoms with E-state index < -0.39 is 11.4 Å². The first-order valence-electron chi connectivity index (χ1n) is 8.90. The van der Waals surface area contributed by atoms with Crippen LogP contribution in [0.15, 0.2) is 23.1 Å². The smallest absolute Gasteiger partial charge is 0.409 e. The van der Waals surface area contributed by atoms with Crippen LogP contribution in [-0.2, 0) is 11.3 Å². The fourth-order valence-corrected chi connectivity index (χ4v) is 3.16. The predicted molar refractivity (Wildman–Crippen MR) is 99.4 cm³/mol.